The molecule has 0 aliphatic rings. The predicted octanol–water partition coefficient (Wildman–Crippen LogP) is 3.32. The summed E-state index contributed by atoms with van der Waals surface area (Å²) in [7, 11) is 0. The summed E-state index contributed by atoms with van der Waals surface area (Å²) in [4.78, 5) is 10.5. The summed E-state index contributed by atoms with van der Waals surface area (Å²) in [5.74, 6) is -1.24. The van der Waals surface area contributed by atoms with Crippen LogP contribution in [0.25, 0.3) is 11.1 Å². The Morgan fingerprint density at radius 1 is 1.11 bits per heavy atom. The second-order valence-electron chi connectivity index (χ2n) is 3.70. The normalized spacial score (nSPS) is 9.83. The third-order valence-electron chi connectivity index (χ3n) is 2.47. The highest BCUT2D eigenvalue weighted by atomic mass is 19.1. The molecule has 0 amide bonds. The highest BCUT2D eigenvalue weighted by molar-refractivity contribution is 5.77. The van der Waals surface area contributed by atoms with Gasteiger partial charge in [-0.2, -0.15) is 5.26 Å². The van der Waals surface area contributed by atoms with Gasteiger partial charge in [-0.1, -0.05) is 12.1 Å². The van der Waals surface area contributed by atoms with Gasteiger partial charge in [-0.05, 0) is 29.8 Å². The van der Waals surface area contributed by atoms with Gasteiger partial charge in [0.15, 0.2) is 0 Å². The molecular formula is C14H7F2NO. The van der Waals surface area contributed by atoms with Crippen molar-refractivity contribution < 1.29 is 13.6 Å². The van der Waals surface area contributed by atoms with Crippen LogP contribution in [0.1, 0.15) is 15.9 Å². The molecule has 0 spiro atoms. The third kappa shape index (κ3) is 2.25. The lowest BCUT2D eigenvalue weighted by Gasteiger charge is -2.05. The summed E-state index contributed by atoms with van der Waals surface area (Å²) in [6, 6.07) is 9.29. The van der Waals surface area contributed by atoms with Crippen LogP contribution < -0.4 is 0 Å². The van der Waals surface area contributed by atoms with Crippen LogP contribution in [-0.2, 0) is 0 Å². The number of rotatable bonds is 2. The van der Waals surface area contributed by atoms with Gasteiger partial charge in [-0.3, -0.25) is 4.79 Å². The summed E-state index contributed by atoms with van der Waals surface area (Å²) < 4.78 is 27.0. The first kappa shape index (κ1) is 11.9. The maximum absolute atomic E-state index is 13.7. The van der Waals surface area contributed by atoms with Gasteiger partial charge >= 0.3 is 0 Å². The molecular weight excluding hydrogens is 236 g/mol. The molecule has 0 fully saturated rings. The van der Waals surface area contributed by atoms with Crippen molar-refractivity contribution in [3.05, 3.63) is 59.2 Å². The molecule has 18 heavy (non-hydrogen) atoms. The Morgan fingerprint density at radius 2 is 1.89 bits per heavy atom. The van der Waals surface area contributed by atoms with E-state index in [-0.39, 0.29) is 22.3 Å². The quantitative estimate of drug-likeness (QED) is 0.759. The van der Waals surface area contributed by atoms with E-state index in [0.717, 1.165) is 18.2 Å². The average Bonchev–Trinajstić information content (AvgIpc) is 2.37. The number of halogens is 2. The SMILES string of the molecule is N#Cc1cc(F)cc(-c2ccc(C=O)cc2F)c1. The summed E-state index contributed by atoms with van der Waals surface area (Å²) in [6.07, 6.45) is 0.527. The number of nitrogens with zero attached hydrogens (tertiary/aromatic N) is 1. The van der Waals surface area contributed by atoms with E-state index in [1.54, 1.807) is 6.07 Å². The van der Waals surface area contributed by atoms with Crippen molar-refractivity contribution in [2.75, 3.05) is 0 Å². The Labute approximate surface area is 102 Å². The number of benzene rings is 2. The number of aldehydes is 1. The van der Waals surface area contributed by atoms with Gasteiger partial charge in [0, 0.05) is 11.1 Å². The molecule has 2 rings (SSSR count). The lowest BCUT2D eigenvalue weighted by Crippen LogP contribution is -1.90. The molecule has 2 nitrogen and oxygen atoms in total. The van der Waals surface area contributed by atoms with Crippen LogP contribution >= 0.6 is 0 Å². The van der Waals surface area contributed by atoms with E-state index in [0.29, 0.717) is 6.29 Å². The topological polar surface area (TPSA) is 40.9 Å². The fraction of sp³-hybridized carbons (Fsp3) is 0. The molecule has 0 bridgehead atoms. The van der Waals surface area contributed by atoms with Gasteiger partial charge in [0.2, 0.25) is 0 Å². The Bertz CT molecular complexity index is 659. The molecule has 88 valence electrons. The highest BCUT2D eigenvalue weighted by Crippen LogP contribution is 2.25. The van der Waals surface area contributed by atoms with Crippen LogP contribution in [0.15, 0.2) is 36.4 Å². The summed E-state index contributed by atoms with van der Waals surface area (Å²) in [6.45, 7) is 0. The molecule has 0 heterocycles. The summed E-state index contributed by atoms with van der Waals surface area (Å²) >= 11 is 0. The number of nitriles is 1. The van der Waals surface area contributed by atoms with Crippen molar-refractivity contribution in [2.45, 2.75) is 0 Å². The second kappa shape index (κ2) is 4.76. The molecule has 0 saturated heterocycles. The minimum Gasteiger partial charge on any atom is -0.298 e. The zero-order valence-electron chi connectivity index (χ0n) is 9.15. The van der Waals surface area contributed by atoms with Crippen molar-refractivity contribution in [1.82, 2.24) is 0 Å². The Kier molecular flexibility index (Phi) is 3.16. The van der Waals surface area contributed by atoms with Gasteiger partial charge < -0.3 is 0 Å². The van der Waals surface area contributed by atoms with Gasteiger partial charge in [0.05, 0.1) is 11.6 Å². The lowest BCUT2D eigenvalue weighted by atomic mass is 10.0. The minimum atomic E-state index is -0.630. The highest BCUT2D eigenvalue weighted by Gasteiger charge is 2.08. The van der Waals surface area contributed by atoms with Gasteiger partial charge in [-0.25, -0.2) is 8.78 Å². The second-order valence-corrected chi connectivity index (χ2v) is 3.70. The maximum atomic E-state index is 13.7. The van der Waals surface area contributed by atoms with E-state index in [1.165, 1.54) is 18.2 Å². The van der Waals surface area contributed by atoms with E-state index >= 15 is 0 Å². The molecule has 0 unspecified atom stereocenters. The van der Waals surface area contributed by atoms with Crippen LogP contribution in [0.2, 0.25) is 0 Å². The molecule has 2 aromatic carbocycles. The summed E-state index contributed by atoms with van der Waals surface area (Å²) in [5.41, 5.74) is 0.732. The first-order chi connectivity index (χ1) is 8.63. The Morgan fingerprint density at radius 3 is 2.50 bits per heavy atom. The van der Waals surface area contributed by atoms with E-state index in [4.69, 9.17) is 5.26 Å². The standard InChI is InChI=1S/C14H7F2NO/c15-12-4-10(7-17)3-11(6-12)13-2-1-9(8-18)5-14(13)16/h1-6,8H. The maximum Gasteiger partial charge on any atom is 0.150 e. The number of carbonyl (C=O) groups excluding carboxylic acids is 1. The Hall–Kier alpha value is -2.54. The van der Waals surface area contributed by atoms with Crippen LogP contribution in [0, 0.1) is 23.0 Å². The van der Waals surface area contributed by atoms with Crippen LogP contribution in [-0.4, -0.2) is 6.29 Å². The van der Waals surface area contributed by atoms with E-state index < -0.39 is 11.6 Å². The fourth-order valence-corrected chi connectivity index (χ4v) is 1.65. The van der Waals surface area contributed by atoms with Crippen molar-refractivity contribution in [3.8, 4) is 17.2 Å². The van der Waals surface area contributed by atoms with Crippen molar-refractivity contribution in [1.29, 1.82) is 5.26 Å². The van der Waals surface area contributed by atoms with E-state index in [2.05, 4.69) is 0 Å². The van der Waals surface area contributed by atoms with E-state index in [9.17, 15) is 13.6 Å². The monoisotopic (exact) mass is 243 g/mol. The number of hydrogen-bond acceptors (Lipinski definition) is 2. The number of hydrogen-bond donors (Lipinski definition) is 0. The molecule has 0 saturated carbocycles. The van der Waals surface area contributed by atoms with Crippen molar-refractivity contribution in [3.63, 3.8) is 0 Å². The zero-order chi connectivity index (χ0) is 13.1. The first-order valence-electron chi connectivity index (χ1n) is 5.10. The van der Waals surface area contributed by atoms with Crippen LogP contribution in [0.5, 0.6) is 0 Å². The fourth-order valence-electron chi connectivity index (χ4n) is 1.65. The molecule has 0 radical (unpaired) electrons. The van der Waals surface area contributed by atoms with E-state index in [1.807, 2.05) is 0 Å². The minimum absolute atomic E-state index is 0.115. The predicted molar refractivity (Wildman–Crippen MR) is 61.9 cm³/mol. The van der Waals surface area contributed by atoms with Crippen LogP contribution in [0.3, 0.4) is 0 Å². The molecule has 0 aromatic heterocycles. The molecule has 0 N–H and O–H groups in total. The van der Waals surface area contributed by atoms with Crippen molar-refractivity contribution >= 4 is 6.29 Å². The molecule has 0 aliphatic carbocycles. The zero-order valence-corrected chi connectivity index (χ0v) is 9.15. The van der Waals surface area contributed by atoms with Gasteiger partial charge in [0.25, 0.3) is 0 Å². The van der Waals surface area contributed by atoms with Gasteiger partial charge in [-0.15, -0.1) is 0 Å². The van der Waals surface area contributed by atoms with Gasteiger partial charge in [0.1, 0.15) is 17.9 Å². The molecule has 4 heteroatoms. The lowest BCUT2D eigenvalue weighted by molar-refractivity contribution is 0.112. The smallest absolute Gasteiger partial charge is 0.150 e. The molecule has 2 aromatic rings. The average molecular weight is 243 g/mol. The number of carbonyl (C=O) groups is 1. The molecule has 0 atom stereocenters. The van der Waals surface area contributed by atoms with Crippen LogP contribution in [0.4, 0.5) is 8.78 Å². The third-order valence-corrected chi connectivity index (χ3v) is 2.47. The Balaban J connectivity index is 2.58. The van der Waals surface area contributed by atoms with Crippen molar-refractivity contribution in [2.24, 2.45) is 0 Å². The summed E-state index contributed by atoms with van der Waals surface area (Å²) in [5, 5.41) is 8.73. The molecule has 0 aliphatic heterocycles. The largest absolute Gasteiger partial charge is 0.298 e. The first-order valence-corrected chi connectivity index (χ1v) is 5.10.